The number of aliphatic carboxylic acids is 1. The van der Waals surface area contributed by atoms with E-state index in [4.69, 9.17) is 9.84 Å². The summed E-state index contributed by atoms with van der Waals surface area (Å²) in [6.45, 7) is 2.25. The molecule has 0 radical (unpaired) electrons. The van der Waals surface area contributed by atoms with E-state index in [0.717, 1.165) is 12.8 Å². The van der Waals surface area contributed by atoms with Crippen molar-refractivity contribution in [3.63, 3.8) is 0 Å². The maximum absolute atomic E-state index is 12.1. The highest BCUT2D eigenvalue weighted by Gasteiger charge is 2.27. The van der Waals surface area contributed by atoms with Crippen LogP contribution < -0.4 is 0 Å². The van der Waals surface area contributed by atoms with Gasteiger partial charge in [0.1, 0.15) is 0 Å². The Balaban J connectivity index is 1.57. The van der Waals surface area contributed by atoms with Crippen molar-refractivity contribution < 1.29 is 19.4 Å². The number of ether oxygens (including phenoxy) is 1. The first-order valence-electron chi connectivity index (χ1n) is 8.29. The average Bonchev–Trinajstić information content (AvgIpc) is 2.58. The van der Waals surface area contributed by atoms with Crippen LogP contribution in [0.3, 0.4) is 0 Å². The highest BCUT2D eigenvalue weighted by atomic mass is 16.5. The number of carboxylic acids is 1. The molecular weight excluding hydrogens is 294 g/mol. The van der Waals surface area contributed by atoms with Crippen LogP contribution in [0.4, 0.5) is 0 Å². The first-order chi connectivity index (χ1) is 11.2. The normalized spacial score (nSPS) is 17.9. The minimum absolute atomic E-state index is 0.0441. The van der Waals surface area contributed by atoms with Gasteiger partial charge in [-0.05, 0) is 31.2 Å². The van der Waals surface area contributed by atoms with Crippen LogP contribution >= 0.6 is 0 Å². The summed E-state index contributed by atoms with van der Waals surface area (Å²) in [5.74, 6) is -1.16. The molecule has 0 unspecified atom stereocenters. The molecule has 1 saturated heterocycles. The number of piperidine rings is 1. The molecule has 2 rings (SSSR count). The Morgan fingerprint density at radius 3 is 2.74 bits per heavy atom. The third-order valence-electron chi connectivity index (χ3n) is 4.18. The zero-order chi connectivity index (χ0) is 16.5. The smallest absolute Gasteiger partial charge is 0.308 e. The number of hydrogen-bond donors (Lipinski definition) is 1. The summed E-state index contributed by atoms with van der Waals surface area (Å²) in [4.78, 5) is 24.8. The van der Waals surface area contributed by atoms with E-state index in [1.165, 1.54) is 5.56 Å². The van der Waals surface area contributed by atoms with Crippen LogP contribution in [-0.4, -0.2) is 48.2 Å². The van der Waals surface area contributed by atoms with Crippen LogP contribution in [-0.2, 0) is 20.7 Å². The zero-order valence-corrected chi connectivity index (χ0v) is 13.4. The Hall–Kier alpha value is -1.88. The summed E-state index contributed by atoms with van der Waals surface area (Å²) in [7, 11) is 0. The van der Waals surface area contributed by atoms with E-state index < -0.39 is 11.9 Å². The second-order valence-electron chi connectivity index (χ2n) is 5.97. The molecule has 0 aromatic heterocycles. The number of benzene rings is 1. The Morgan fingerprint density at radius 1 is 1.22 bits per heavy atom. The summed E-state index contributed by atoms with van der Waals surface area (Å²) in [5, 5.41) is 9.05. The summed E-state index contributed by atoms with van der Waals surface area (Å²) in [6.07, 6.45) is 3.43. The van der Waals surface area contributed by atoms with E-state index in [-0.39, 0.29) is 5.91 Å². The van der Waals surface area contributed by atoms with Crippen LogP contribution in [0.5, 0.6) is 0 Å². The van der Waals surface area contributed by atoms with Crippen LogP contribution in [0.25, 0.3) is 0 Å². The standard InChI is InChI=1S/C18H25NO4/c20-17(19-11-4-8-16(14-19)18(21)22)9-5-12-23-13-10-15-6-2-1-3-7-15/h1-3,6-7,16H,4-5,8-14H2,(H,21,22)/t16-/m0/s1. The predicted octanol–water partition coefficient (Wildman–Crippen LogP) is 2.35. The van der Waals surface area contributed by atoms with E-state index in [1.54, 1.807) is 4.90 Å². The molecule has 5 nitrogen and oxygen atoms in total. The molecule has 1 aliphatic rings. The van der Waals surface area contributed by atoms with Crippen molar-refractivity contribution in [2.24, 2.45) is 5.92 Å². The molecule has 126 valence electrons. The summed E-state index contributed by atoms with van der Waals surface area (Å²) in [5.41, 5.74) is 1.25. The lowest BCUT2D eigenvalue weighted by Gasteiger charge is -2.30. The molecule has 1 N–H and O–H groups in total. The second kappa shape index (κ2) is 9.30. The number of carbonyl (C=O) groups excluding carboxylic acids is 1. The number of nitrogens with zero attached hydrogens (tertiary/aromatic N) is 1. The molecule has 1 aromatic carbocycles. The van der Waals surface area contributed by atoms with Gasteiger partial charge in [-0.15, -0.1) is 0 Å². The van der Waals surface area contributed by atoms with Crippen LogP contribution in [0.15, 0.2) is 30.3 Å². The molecule has 0 bridgehead atoms. The average molecular weight is 319 g/mol. The van der Waals surface area contributed by atoms with Crippen molar-refractivity contribution in [2.75, 3.05) is 26.3 Å². The topological polar surface area (TPSA) is 66.8 Å². The SMILES string of the molecule is O=C(O)[C@H]1CCCN(C(=O)CCCOCCc2ccccc2)C1. The fourth-order valence-electron chi connectivity index (χ4n) is 2.83. The lowest BCUT2D eigenvalue weighted by molar-refractivity contribution is -0.145. The van der Waals surface area contributed by atoms with Gasteiger partial charge >= 0.3 is 5.97 Å². The number of rotatable bonds is 8. The highest BCUT2D eigenvalue weighted by Crippen LogP contribution is 2.17. The predicted molar refractivity (Wildman–Crippen MR) is 87.1 cm³/mol. The van der Waals surface area contributed by atoms with Gasteiger partial charge in [-0.1, -0.05) is 30.3 Å². The molecule has 1 atom stereocenters. The zero-order valence-electron chi connectivity index (χ0n) is 13.4. The van der Waals surface area contributed by atoms with Crippen LogP contribution in [0.2, 0.25) is 0 Å². The number of carboxylic acid groups (broad SMARTS) is 1. The van der Waals surface area contributed by atoms with Crippen LogP contribution in [0, 0.1) is 5.92 Å². The minimum atomic E-state index is -0.799. The van der Waals surface area contributed by atoms with E-state index in [0.29, 0.717) is 45.6 Å². The maximum atomic E-state index is 12.1. The lowest BCUT2D eigenvalue weighted by Crippen LogP contribution is -2.42. The molecular formula is C18H25NO4. The van der Waals surface area contributed by atoms with Crippen molar-refractivity contribution >= 4 is 11.9 Å². The van der Waals surface area contributed by atoms with E-state index in [9.17, 15) is 9.59 Å². The minimum Gasteiger partial charge on any atom is -0.481 e. The second-order valence-corrected chi connectivity index (χ2v) is 5.97. The number of likely N-dealkylation sites (tertiary alicyclic amines) is 1. The number of amides is 1. The van der Waals surface area contributed by atoms with Crippen molar-refractivity contribution in [3.8, 4) is 0 Å². The Kier molecular flexibility index (Phi) is 7.07. The Bertz CT molecular complexity index is 503. The van der Waals surface area contributed by atoms with Gasteiger partial charge in [0.05, 0.1) is 12.5 Å². The largest absolute Gasteiger partial charge is 0.481 e. The molecule has 1 heterocycles. The van der Waals surface area contributed by atoms with Gasteiger partial charge in [-0.25, -0.2) is 0 Å². The number of hydrogen-bond acceptors (Lipinski definition) is 3. The van der Waals surface area contributed by atoms with Crippen LogP contribution in [0.1, 0.15) is 31.2 Å². The van der Waals surface area contributed by atoms with Gasteiger partial charge in [0.15, 0.2) is 0 Å². The third kappa shape index (κ3) is 6.02. The monoisotopic (exact) mass is 319 g/mol. The fraction of sp³-hybridized carbons (Fsp3) is 0.556. The first kappa shape index (κ1) is 17.5. The summed E-state index contributed by atoms with van der Waals surface area (Å²) in [6, 6.07) is 10.2. The quantitative estimate of drug-likeness (QED) is 0.747. The molecule has 0 spiro atoms. The molecule has 0 saturated carbocycles. The molecule has 0 aliphatic carbocycles. The highest BCUT2D eigenvalue weighted by molar-refractivity contribution is 5.78. The molecule has 1 aromatic rings. The van der Waals surface area contributed by atoms with Gasteiger partial charge in [-0.2, -0.15) is 0 Å². The molecule has 1 fully saturated rings. The van der Waals surface area contributed by atoms with Gasteiger partial charge in [0.2, 0.25) is 5.91 Å². The van der Waals surface area contributed by atoms with Gasteiger partial charge < -0.3 is 14.7 Å². The number of carbonyl (C=O) groups is 2. The molecule has 1 aliphatic heterocycles. The van der Waals surface area contributed by atoms with Crippen molar-refractivity contribution in [1.29, 1.82) is 0 Å². The first-order valence-corrected chi connectivity index (χ1v) is 8.29. The van der Waals surface area contributed by atoms with E-state index >= 15 is 0 Å². The van der Waals surface area contributed by atoms with Gasteiger partial charge in [0, 0.05) is 26.1 Å². The van der Waals surface area contributed by atoms with Crippen molar-refractivity contribution in [2.45, 2.75) is 32.1 Å². The summed E-state index contributed by atoms with van der Waals surface area (Å²) >= 11 is 0. The van der Waals surface area contributed by atoms with E-state index in [2.05, 4.69) is 12.1 Å². The van der Waals surface area contributed by atoms with Crippen molar-refractivity contribution in [1.82, 2.24) is 4.90 Å². The molecule has 23 heavy (non-hydrogen) atoms. The van der Waals surface area contributed by atoms with Gasteiger partial charge in [0.25, 0.3) is 0 Å². The van der Waals surface area contributed by atoms with E-state index in [1.807, 2.05) is 18.2 Å². The lowest BCUT2D eigenvalue weighted by atomic mass is 9.98. The Labute approximate surface area is 137 Å². The Morgan fingerprint density at radius 2 is 2.00 bits per heavy atom. The summed E-state index contributed by atoms with van der Waals surface area (Å²) < 4.78 is 5.57. The molecule has 1 amide bonds. The third-order valence-corrected chi connectivity index (χ3v) is 4.18. The van der Waals surface area contributed by atoms with Crippen molar-refractivity contribution in [3.05, 3.63) is 35.9 Å². The molecule has 5 heteroatoms. The fourth-order valence-corrected chi connectivity index (χ4v) is 2.83. The van der Waals surface area contributed by atoms with Gasteiger partial charge in [-0.3, -0.25) is 9.59 Å². The maximum Gasteiger partial charge on any atom is 0.308 e.